The molecule has 2 aromatic carbocycles. The maximum absolute atomic E-state index is 11.7. The van der Waals surface area contributed by atoms with Crippen LogP contribution in [0, 0.1) is 0 Å². The van der Waals surface area contributed by atoms with Crippen molar-refractivity contribution < 1.29 is 19.0 Å². The van der Waals surface area contributed by atoms with E-state index in [1.807, 2.05) is 39.0 Å². The van der Waals surface area contributed by atoms with E-state index in [4.69, 9.17) is 38.0 Å². The van der Waals surface area contributed by atoms with Gasteiger partial charge in [-0.1, -0.05) is 17.7 Å². The Kier molecular flexibility index (Phi) is 8.54. The molecule has 0 heterocycles. The summed E-state index contributed by atoms with van der Waals surface area (Å²) in [7, 11) is 1.32. The summed E-state index contributed by atoms with van der Waals surface area (Å²) < 4.78 is 16.0. The largest absolute Gasteiger partial charge is 0.490 e. The van der Waals surface area contributed by atoms with E-state index in [-0.39, 0.29) is 6.04 Å². The predicted molar refractivity (Wildman–Crippen MR) is 119 cm³/mol. The Morgan fingerprint density at radius 2 is 1.79 bits per heavy atom. The highest BCUT2D eigenvalue weighted by Gasteiger charge is 2.14. The summed E-state index contributed by atoms with van der Waals surface area (Å²) >= 11 is 11.6. The molecule has 0 aliphatic rings. The first-order chi connectivity index (χ1) is 13.9. The van der Waals surface area contributed by atoms with Gasteiger partial charge in [0.1, 0.15) is 0 Å². The molecule has 0 radical (unpaired) electrons. The minimum atomic E-state index is -0.449. The van der Waals surface area contributed by atoms with Gasteiger partial charge in [-0.05, 0) is 68.9 Å². The number of benzene rings is 2. The molecule has 0 unspecified atom stereocenters. The van der Waals surface area contributed by atoms with E-state index in [1.54, 1.807) is 18.2 Å². The van der Waals surface area contributed by atoms with Crippen molar-refractivity contribution in [3.05, 3.63) is 52.5 Å². The van der Waals surface area contributed by atoms with Crippen LogP contribution < -0.4 is 20.1 Å². The average molecular weight is 437 g/mol. The molecule has 2 N–H and O–H groups in total. The molecule has 29 heavy (non-hydrogen) atoms. The number of hydrogen-bond acceptors (Lipinski definition) is 5. The maximum atomic E-state index is 11.7. The van der Waals surface area contributed by atoms with Gasteiger partial charge in [0.2, 0.25) is 0 Å². The second kappa shape index (κ2) is 10.9. The van der Waals surface area contributed by atoms with Crippen molar-refractivity contribution in [1.29, 1.82) is 0 Å². The number of ether oxygens (including phenoxy) is 3. The van der Waals surface area contributed by atoms with E-state index >= 15 is 0 Å². The lowest BCUT2D eigenvalue weighted by Gasteiger charge is -2.20. The normalized spacial score (nSPS) is 11.3. The first-order valence-electron chi connectivity index (χ1n) is 9.24. The Labute approximate surface area is 181 Å². The van der Waals surface area contributed by atoms with Crippen LogP contribution in [0.4, 0.5) is 5.69 Å². The van der Waals surface area contributed by atoms with Crippen molar-refractivity contribution in [2.24, 2.45) is 0 Å². The summed E-state index contributed by atoms with van der Waals surface area (Å²) in [5, 5.41) is 7.04. The quantitative estimate of drug-likeness (QED) is 0.447. The van der Waals surface area contributed by atoms with Crippen LogP contribution in [0.25, 0.3) is 0 Å². The number of halogens is 1. The van der Waals surface area contributed by atoms with Gasteiger partial charge in [0, 0.05) is 0 Å². The Morgan fingerprint density at radius 1 is 1.10 bits per heavy atom. The van der Waals surface area contributed by atoms with E-state index in [2.05, 4.69) is 10.6 Å². The molecule has 0 saturated heterocycles. The van der Waals surface area contributed by atoms with Crippen LogP contribution in [-0.4, -0.2) is 31.4 Å². The SMILES string of the molecule is CCOc1ccc([C@@H](C)NC(=S)Nc2cc(C(=O)OC)ccc2Cl)cc1OCC. The van der Waals surface area contributed by atoms with Crippen molar-refractivity contribution in [1.82, 2.24) is 5.32 Å². The van der Waals surface area contributed by atoms with Crippen molar-refractivity contribution in [2.75, 3.05) is 25.6 Å². The summed E-state index contributed by atoms with van der Waals surface area (Å²) in [4.78, 5) is 11.7. The van der Waals surface area contributed by atoms with Crippen LogP contribution in [0.5, 0.6) is 11.5 Å². The minimum Gasteiger partial charge on any atom is -0.490 e. The Bertz CT molecular complexity index is 876. The van der Waals surface area contributed by atoms with Crippen molar-refractivity contribution in [3.63, 3.8) is 0 Å². The molecule has 8 heteroatoms. The molecule has 0 saturated carbocycles. The van der Waals surface area contributed by atoms with Crippen LogP contribution >= 0.6 is 23.8 Å². The van der Waals surface area contributed by atoms with Gasteiger partial charge >= 0.3 is 5.97 Å². The second-order valence-corrected chi connectivity index (χ2v) is 6.89. The zero-order chi connectivity index (χ0) is 21.4. The number of nitrogens with one attached hydrogen (secondary N) is 2. The third-order valence-corrected chi connectivity index (χ3v) is 4.60. The number of thiocarbonyl (C=S) groups is 1. The van der Waals surface area contributed by atoms with Gasteiger partial charge in [0.05, 0.1) is 42.6 Å². The highest BCUT2D eigenvalue weighted by atomic mass is 35.5. The smallest absolute Gasteiger partial charge is 0.337 e. The summed E-state index contributed by atoms with van der Waals surface area (Å²) in [6.45, 7) is 6.94. The number of hydrogen-bond donors (Lipinski definition) is 2. The lowest BCUT2D eigenvalue weighted by atomic mass is 10.1. The molecule has 0 amide bonds. The molecular weight excluding hydrogens is 412 g/mol. The monoisotopic (exact) mass is 436 g/mol. The van der Waals surface area contributed by atoms with Gasteiger partial charge in [0.15, 0.2) is 16.6 Å². The Hall–Kier alpha value is -2.51. The predicted octanol–water partition coefficient (Wildman–Crippen LogP) is 4.97. The highest BCUT2D eigenvalue weighted by Crippen LogP contribution is 2.31. The van der Waals surface area contributed by atoms with E-state index in [1.165, 1.54) is 7.11 Å². The fraction of sp³-hybridized carbons (Fsp3) is 0.333. The van der Waals surface area contributed by atoms with Crippen LogP contribution in [0.15, 0.2) is 36.4 Å². The van der Waals surface area contributed by atoms with Crippen LogP contribution in [-0.2, 0) is 4.74 Å². The van der Waals surface area contributed by atoms with Crippen molar-refractivity contribution in [3.8, 4) is 11.5 Å². The molecule has 0 aliphatic carbocycles. The van der Waals surface area contributed by atoms with E-state index in [9.17, 15) is 4.79 Å². The zero-order valence-corrected chi connectivity index (χ0v) is 18.4. The summed E-state index contributed by atoms with van der Waals surface area (Å²) in [6, 6.07) is 10.5. The molecule has 0 fully saturated rings. The highest BCUT2D eigenvalue weighted by molar-refractivity contribution is 7.80. The molecule has 0 spiro atoms. The van der Waals surface area contributed by atoms with Crippen molar-refractivity contribution >= 4 is 40.6 Å². The van der Waals surface area contributed by atoms with Crippen LogP contribution in [0.1, 0.15) is 42.7 Å². The summed E-state index contributed by atoms with van der Waals surface area (Å²) in [6.07, 6.45) is 0. The molecule has 2 aromatic rings. The molecule has 156 valence electrons. The number of methoxy groups -OCH3 is 1. The molecule has 0 aliphatic heterocycles. The molecule has 2 rings (SSSR count). The van der Waals surface area contributed by atoms with E-state index in [0.717, 1.165) is 5.56 Å². The molecule has 1 atom stereocenters. The molecule has 0 bridgehead atoms. The number of carbonyl (C=O) groups is 1. The number of carbonyl (C=O) groups excluding carboxylic acids is 1. The van der Waals surface area contributed by atoms with Crippen LogP contribution in [0.2, 0.25) is 5.02 Å². The van der Waals surface area contributed by atoms with Gasteiger partial charge in [-0.2, -0.15) is 0 Å². The van der Waals surface area contributed by atoms with Crippen molar-refractivity contribution in [2.45, 2.75) is 26.8 Å². The zero-order valence-electron chi connectivity index (χ0n) is 16.9. The fourth-order valence-electron chi connectivity index (χ4n) is 2.64. The first kappa shape index (κ1) is 22.8. The number of rotatable bonds is 8. The Balaban J connectivity index is 2.11. The topological polar surface area (TPSA) is 68.8 Å². The lowest BCUT2D eigenvalue weighted by Crippen LogP contribution is -2.31. The van der Waals surface area contributed by atoms with Gasteiger partial charge < -0.3 is 24.8 Å². The third kappa shape index (κ3) is 6.24. The van der Waals surface area contributed by atoms with E-state index in [0.29, 0.717) is 46.1 Å². The molecular formula is C21H25ClN2O4S. The van der Waals surface area contributed by atoms with Gasteiger partial charge in [-0.3, -0.25) is 0 Å². The molecule has 6 nitrogen and oxygen atoms in total. The van der Waals surface area contributed by atoms with E-state index < -0.39 is 5.97 Å². The standard InChI is InChI=1S/C21H25ClN2O4S/c1-5-27-18-10-8-14(12-19(18)28-6-2)13(3)23-21(29)24-17-11-15(20(25)26-4)7-9-16(17)22/h7-13H,5-6H2,1-4H3,(H2,23,24,29)/t13-/m1/s1. The fourth-order valence-corrected chi connectivity index (χ4v) is 3.09. The maximum Gasteiger partial charge on any atom is 0.337 e. The number of anilines is 1. The second-order valence-electron chi connectivity index (χ2n) is 6.08. The lowest BCUT2D eigenvalue weighted by molar-refractivity contribution is 0.0601. The van der Waals surface area contributed by atoms with Gasteiger partial charge in [-0.25, -0.2) is 4.79 Å². The van der Waals surface area contributed by atoms with Gasteiger partial charge in [-0.15, -0.1) is 0 Å². The average Bonchev–Trinajstić information content (AvgIpc) is 2.70. The minimum absolute atomic E-state index is 0.104. The summed E-state index contributed by atoms with van der Waals surface area (Å²) in [5.41, 5.74) is 1.87. The van der Waals surface area contributed by atoms with Crippen LogP contribution in [0.3, 0.4) is 0 Å². The van der Waals surface area contributed by atoms with Gasteiger partial charge in [0.25, 0.3) is 0 Å². The third-order valence-electron chi connectivity index (χ3n) is 4.05. The molecule has 0 aromatic heterocycles. The summed E-state index contributed by atoms with van der Waals surface area (Å²) in [5.74, 6) is 0.945. The number of esters is 1. The Morgan fingerprint density at radius 3 is 2.45 bits per heavy atom. The first-order valence-corrected chi connectivity index (χ1v) is 10.0.